The van der Waals surface area contributed by atoms with Crippen LogP contribution in [0.2, 0.25) is 0 Å². The zero-order chi connectivity index (χ0) is 12.3. The number of nitrogens with one attached hydrogen (secondary N) is 2. The summed E-state index contributed by atoms with van der Waals surface area (Å²) in [6.45, 7) is 4.08. The molecular weight excluding hydrogens is 214 g/mol. The predicted molar refractivity (Wildman–Crippen MR) is 68.7 cm³/mol. The van der Waals surface area contributed by atoms with Crippen LogP contribution in [-0.4, -0.2) is 47.0 Å². The molecule has 2 N–H and O–H groups in total. The van der Waals surface area contributed by atoms with Crippen LogP contribution in [0.1, 0.15) is 12.5 Å². The molecule has 0 amide bonds. The first-order valence-electron chi connectivity index (χ1n) is 5.82. The van der Waals surface area contributed by atoms with Crippen LogP contribution in [0.25, 0.3) is 11.0 Å². The van der Waals surface area contributed by atoms with Gasteiger partial charge in [-0.2, -0.15) is 15.4 Å². The zero-order valence-electron chi connectivity index (χ0n) is 10.6. The maximum atomic E-state index is 4.08. The number of fused-ring (bicyclic) bond motifs is 1. The predicted octanol–water partition coefficient (Wildman–Crippen LogP) is 0.998. The van der Waals surface area contributed by atoms with E-state index in [1.807, 2.05) is 6.07 Å². The van der Waals surface area contributed by atoms with Gasteiger partial charge in [0.1, 0.15) is 11.0 Å². The Kier molecular flexibility index (Phi) is 3.71. The van der Waals surface area contributed by atoms with Crippen LogP contribution < -0.4 is 5.32 Å². The van der Waals surface area contributed by atoms with Crippen molar-refractivity contribution in [2.24, 2.45) is 0 Å². The van der Waals surface area contributed by atoms with Gasteiger partial charge in [0.05, 0.1) is 0 Å². The number of hydrogen-bond donors (Lipinski definition) is 2. The summed E-state index contributed by atoms with van der Waals surface area (Å²) in [4.78, 5) is 2.18. The maximum Gasteiger partial charge on any atom is 0.113 e. The third-order valence-electron chi connectivity index (χ3n) is 2.67. The van der Waals surface area contributed by atoms with Crippen molar-refractivity contribution >= 4 is 11.0 Å². The molecule has 1 aromatic carbocycles. The van der Waals surface area contributed by atoms with Gasteiger partial charge in [0.2, 0.25) is 0 Å². The molecule has 5 nitrogen and oxygen atoms in total. The Morgan fingerprint density at radius 2 is 2.06 bits per heavy atom. The molecule has 0 spiro atoms. The molecule has 0 aliphatic heterocycles. The smallest absolute Gasteiger partial charge is 0.113 e. The summed E-state index contributed by atoms with van der Waals surface area (Å²) in [6, 6.07) is 6.61. The largest absolute Gasteiger partial charge is 0.309 e. The monoisotopic (exact) mass is 233 g/mol. The van der Waals surface area contributed by atoms with Crippen molar-refractivity contribution < 1.29 is 0 Å². The lowest BCUT2D eigenvalue weighted by atomic mass is 10.2. The number of aromatic amines is 1. The van der Waals surface area contributed by atoms with E-state index in [9.17, 15) is 0 Å². The van der Waals surface area contributed by atoms with Gasteiger partial charge in [0, 0.05) is 19.1 Å². The molecule has 2 rings (SSSR count). The highest BCUT2D eigenvalue weighted by Crippen LogP contribution is 2.10. The van der Waals surface area contributed by atoms with Gasteiger partial charge in [-0.25, -0.2) is 0 Å². The van der Waals surface area contributed by atoms with Crippen LogP contribution in [0.4, 0.5) is 0 Å². The highest BCUT2D eigenvalue weighted by molar-refractivity contribution is 5.74. The number of likely N-dealkylation sites (N-methyl/N-ethyl adjacent to an activating group) is 1. The third-order valence-corrected chi connectivity index (χ3v) is 2.67. The molecule has 2 aromatic rings. The van der Waals surface area contributed by atoms with Crippen molar-refractivity contribution in [1.29, 1.82) is 0 Å². The minimum atomic E-state index is 0.470. The van der Waals surface area contributed by atoms with E-state index in [0.717, 1.165) is 24.1 Å². The maximum absolute atomic E-state index is 4.08. The van der Waals surface area contributed by atoms with Crippen molar-refractivity contribution in [3.8, 4) is 0 Å². The molecule has 5 heteroatoms. The lowest BCUT2D eigenvalue weighted by Crippen LogP contribution is -2.35. The van der Waals surface area contributed by atoms with Crippen LogP contribution in [0, 0.1) is 0 Å². The second kappa shape index (κ2) is 5.25. The van der Waals surface area contributed by atoms with Crippen LogP contribution in [0.5, 0.6) is 0 Å². The fourth-order valence-corrected chi connectivity index (χ4v) is 1.90. The van der Waals surface area contributed by atoms with Crippen LogP contribution >= 0.6 is 0 Å². The van der Waals surface area contributed by atoms with Gasteiger partial charge in [-0.15, -0.1) is 0 Å². The molecular formula is C12H19N5. The molecule has 1 atom stereocenters. The first-order valence-corrected chi connectivity index (χ1v) is 5.82. The second-order valence-electron chi connectivity index (χ2n) is 4.69. The van der Waals surface area contributed by atoms with E-state index >= 15 is 0 Å². The van der Waals surface area contributed by atoms with E-state index in [2.05, 4.69) is 58.8 Å². The van der Waals surface area contributed by atoms with E-state index in [1.165, 1.54) is 5.56 Å². The zero-order valence-corrected chi connectivity index (χ0v) is 10.6. The average Bonchev–Trinajstić information content (AvgIpc) is 2.72. The molecule has 0 saturated heterocycles. The minimum absolute atomic E-state index is 0.470. The number of nitrogens with zero attached hydrogens (tertiary/aromatic N) is 3. The Morgan fingerprint density at radius 3 is 2.82 bits per heavy atom. The Labute approximate surface area is 101 Å². The Hall–Kier alpha value is -1.46. The van der Waals surface area contributed by atoms with Gasteiger partial charge in [0.15, 0.2) is 0 Å². The third kappa shape index (κ3) is 3.25. The molecule has 0 radical (unpaired) electrons. The molecule has 0 fully saturated rings. The topological polar surface area (TPSA) is 56.8 Å². The second-order valence-corrected chi connectivity index (χ2v) is 4.69. The fraction of sp³-hybridized carbons (Fsp3) is 0.500. The van der Waals surface area contributed by atoms with Crippen molar-refractivity contribution in [3.63, 3.8) is 0 Å². The van der Waals surface area contributed by atoms with Gasteiger partial charge in [0.25, 0.3) is 0 Å². The van der Waals surface area contributed by atoms with Crippen molar-refractivity contribution in [2.75, 3.05) is 20.6 Å². The summed E-state index contributed by atoms with van der Waals surface area (Å²) >= 11 is 0. The summed E-state index contributed by atoms with van der Waals surface area (Å²) in [7, 11) is 4.17. The fourth-order valence-electron chi connectivity index (χ4n) is 1.90. The lowest BCUT2D eigenvalue weighted by Gasteiger charge is -2.18. The highest BCUT2D eigenvalue weighted by Gasteiger charge is 2.04. The quantitative estimate of drug-likeness (QED) is 0.809. The first kappa shape index (κ1) is 12.0. The van der Waals surface area contributed by atoms with Crippen LogP contribution in [0.15, 0.2) is 18.2 Å². The highest BCUT2D eigenvalue weighted by atomic mass is 15.3. The van der Waals surface area contributed by atoms with Crippen molar-refractivity contribution in [1.82, 2.24) is 25.6 Å². The average molecular weight is 233 g/mol. The number of H-pyrrole nitrogens is 1. The van der Waals surface area contributed by atoms with E-state index in [-0.39, 0.29) is 0 Å². The van der Waals surface area contributed by atoms with Crippen molar-refractivity contribution in [2.45, 2.75) is 19.5 Å². The van der Waals surface area contributed by atoms with E-state index in [4.69, 9.17) is 0 Å². The Bertz CT molecular complexity index is 476. The Balaban J connectivity index is 1.94. The number of benzene rings is 1. The molecule has 1 aromatic heterocycles. The number of aromatic nitrogens is 3. The summed E-state index contributed by atoms with van der Waals surface area (Å²) in [5.74, 6) is 0. The SMILES string of the molecule is CC(CN(C)C)NCc1ccc2n[nH]nc2c1. The molecule has 0 saturated carbocycles. The molecule has 1 unspecified atom stereocenters. The molecule has 92 valence electrons. The first-order chi connectivity index (χ1) is 8.15. The van der Waals surface area contributed by atoms with Gasteiger partial charge >= 0.3 is 0 Å². The Morgan fingerprint density at radius 1 is 1.29 bits per heavy atom. The minimum Gasteiger partial charge on any atom is -0.309 e. The molecule has 17 heavy (non-hydrogen) atoms. The molecule has 0 bridgehead atoms. The van der Waals surface area contributed by atoms with Crippen molar-refractivity contribution in [3.05, 3.63) is 23.8 Å². The van der Waals surface area contributed by atoms with Crippen LogP contribution in [0.3, 0.4) is 0 Å². The normalized spacial score (nSPS) is 13.4. The summed E-state index contributed by atoms with van der Waals surface area (Å²) in [5.41, 5.74) is 3.07. The lowest BCUT2D eigenvalue weighted by molar-refractivity contribution is 0.349. The summed E-state index contributed by atoms with van der Waals surface area (Å²) in [5, 5.41) is 14.2. The molecule has 1 heterocycles. The van der Waals surface area contributed by atoms with Gasteiger partial charge in [-0.05, 0) is 38.7 Å². The van der Waals surface area contributed by atoms with E-state index < -0.39 is 0 Å². The van der Waals surface area contributed by atoms with Crippen LogP contribution in [-0.2, 0) is 6.54 Å². The van der Waals surface area contributed by atoms with Gasteiger partial charge < -0.3 is 10.2 Å². The summed E-state index contributed by atoms with van der Waals surface area (Å²) in [6.07, 6.45) is 0. The van der Waals surface area contributed by atoms with E-state index in [1.54, 1.807) is 0 Å². The molecule has 0 aliphatic carbocycles. The van der Waals surface area contributed by atoms with Gasteiger partial charge in [-0.1, -0.05) is 6.07 Å². The standard InChI is InChI=1S/C12H19N5/c1-9(8-17(2)3)13-7-10-4-5-11-12(6-10)15-16-14-11/h4-6,9,13H,7-8H2,1-3H3,(H,14,15,16). The summed E-state index contributed by atoms with van der Waals surface area (Å²) < 4.78 is 0. The number of hydrogen-bond acceptors (Lipinski definition) is 4. The van der Waals surface area contributed by atoms with E-state index in [0.29, 0.717) is 6.04 Å². The number of rotatable bonds is 5. The van der Waals surface area contributed by atoms with Gasteiger partial charge in [-0.3, -0.25) is 0 Å². The molecule has 0 aliphatic rings.